The van der Waals surface area contributed by atoms with Crippen molar-refractivity contribution >= 4 is 25.0 Å². The summed E-state index contributed by atoms with van der Waals surface area (Å²) in [7, 11) is -1.41. The molecule has 0 aliphatic carbocycles. The van der Waals surface area contributed by atoms with Gasteiger partial charge in [0.15, 0.2) is 5.82 Å². The molecule has 0 N–H and O–H groups in total. The minimum atomic E-state index is -1.41. The molecular formula is C10H13ClN4Si. The van der Waals surface area contributed by atoms with Gasteiger partial charge in [-0.15, -0.1) is 5.10 Å². The smallest absolute Gasteiger partial charge is 0.156 e. The van der Waals surface area contributed by atoms with Crippen LogP contribution in [0, 0.1) is 0 Å². The van der Waals surface area contributed by atoms with Crippen LogP contribution < -0.4 is 5.32 Å². The molecule has 0 unspecified atom stereocenters. The third-order valence-electron chi connectivity index (χ3n) is 2.20. The number of halogens is 1. The Morgan fingerprint density at radius 2 is 2.00 bits per heavy atom. The van der Waals surface area contributed by atoms with Crippen LogP contribution in [0.5, 0.6) is 0 Å². The van der Waals surface area contributed by atoms with Crippen LogP contribution in [0.15, 0.2) is 24.4 Å². The highest BCUT2D eigenvalue weighted by Crippen LogP contribution is 2.08. The summed E-state index contributed by atoms with van der Waals surface area (Å²) in [5.41, 5.74) is 0. The van der Waals surface area contributed by atoms with E-state index in [2.05, 4.69) is 34.9 Å². The van der Waals surface area contributed by atoms with Gasteiger partial charge < -0.3 is 0 Å². The van der Waals surface area contributed by atoms with Crippen molar-refractivity contribution < 1.29 is 0 Å². The first kappa shape index (κ1) is 11.3. The molecule has 0 spiro atoms. The standard InChI is InChI=1S/C10H13ClN4Si/c1-16(2,3)10-7-15(14-13-10)9-6-4-5-8(11)12-9/h4-7H,1-3H3. The molecule has 4 nitrogen and oxygen atoms in total. The molecule has 0 aliphatic heterocycles. The largest absolute Gasteiger partial charge is 0.217 e. The lowest BCUT2D eigenvalue weighted by Gasteiger charge is -2.09. The average molecular weight is 253 g/mol. The van der Waals surface area contributed by atoms with E-state index in [4.69, 9.17) is 11.6 Å². The molecule has 0 radical (unpaired) electrons. The van der Waals surface area contributed by atoms with Gasteiger partial charge in [-0.2, -0.15) is 0 Å². The van der Waals surface area contributed by atoms with E-state index in [1.165, 1.54) is 0 Å². The molecular weight excluding hydrogens is 240 g/mol. The number of rotatable bonds is 2. The third-order valence-corrected chi connectivity index (χ3v) is 4.17. The molecule has 0 bridgehead atoms. The number of hydrogen-bond donors (Lipinski definition) is 0. The summed E-state index contributed by atoms with van der Waals surface area (Å²) in [5.74, 6) is 0.699. The highest BCUT2D eigenvalue weighted by molar-refractivity contribution is 6.88. The maximum absolute atomic E-state index is 5.83. The van der Waals surface area contributed by atoms with Gasteiger partial charge in [-0.3, -0.25) is 0 Å². The molecule has 0 fully saturated rings. The van der Waals surface area contributed by atoms with E-state index in [9.17, 15) is 0 Å². The second-order valence-corrected chi connectivity index (χ2v) is 10.0. The second-order valence-electron chi connectivity index (χ2n) is 4.62. The van der Waals surface area contributed by atoms with Gasteiger partial charge in [-0.1, -0.05) is 42.5 Å². The minimum absolute atomic E-state index is 0.461. The van der Waals surface area contributed by atoms with Crippen LogP contribution in [-0.2, 0) is 0 Å². The van der Waals surface area contributed by atoms with Crippen molar-refractivity contribution in [1.29, 1.82) is 0 Å². The molecule has 2 heterocycles. The predicted octanol–water partition coefficient (Wildman–Crippen LogP) is 1.86. The van der Waals surface area contributed by atoms with Crippen molar-refractivity contribution in [2.45, 2.75) is 19.6 Å². The van der Waals surface area contributed by atoms with Crippen LogP contribution in [-0.4, -0.2) is 28.1 Å². The molecule has 0 saturated heterocycles. The number of hydrogen-bond acceptors (Lipinski definition) is 3. The van der Waals surface area contributed by atoms with Crippen molar-refractivity contribution in [1.82, 2.24) is 20.0 Å². The van der Waals surface area contributed by atoms with Crippen molar-refractivity contribution in [2.75, 3.05) is 0 Å². The van der Waals surface area contributed by atoms with E-state index < -0.39 is 8.07 Å². The van der Waals surface area contributed by atoms with Gasteiger partial charge in [0, 0.05) is 0 Å². The summed E-state index contributed by atoms with van der Waals surface area (Å²) in [6.45, 7) is 6.69. The Labute approximate surface area is 100 Å². The van der Waals surface area contributed by atoms with E-state index in [1.54, 1.807) is 10.7 Å². The molecule has 2 aromatic rings. The van der Waals surface area contributed by atoms with E-state index in [1.807, 2.05) is 18.3 Å². The first-order valence-corrected chi connectivity index (χ1v) is 8.90. The molecule has 2 aromatic heterocycles. The van der Waals surface area contributed by atoms with Crippen LogP contribution >= 0.6 is 11.6 Å². The SMILES string of the molecule is C[Si](C)(C)c1cn(-c2cccc(Cl)n2)nn1. The third kappa shape index (κ3) is 2.30. The van der Waals surface area contributed by atoms with Crippen molar-refractivity contribution in [2.24, 2.45) is 0 Å². The average Bonchev–Trinajstić information content (AvgIpc) is 2.65. The van der Waals surface area contributed by atoms with E-state index >= 15 is 0 Å². The first-order valence-electron chi connectivity index (χ1n) is 5.02. The summed E-state index contributed by atoms with van der Waals surface area (Å²) < 4.78 is 1.67. The van der Waals surface area contributed by atoms with Crippen molar-refractivity contribution in [3.05, 3.63) is 29.5 Å². The molecule has 6 heteroatoms. The Hall–Kier alpha value is -1.20. The maximum Gasteiger partial charge on any atom is 0.156 e. The lowest BCUT2D eigenvalue weighted by Crippen LogP contribution is -2.38. The lowest BCUT2D eigenvalue weighted by atomic mass is 10.5. The molecule has 16 heavy (non-hydrogen) atoms. The topological polar surface area (TPSA) is 43.6 Å². The Morgan fingerprint density at radius 3 is 2.56 bits per heavy atom. The Balaban J connectivity index is 2.39. The Kier molecular flexibility index (Phi) is 2.81. The zero-order valence-electron chi connectivity index (χ0n) is 9.48. The van der Waals surface area contributed by atoms with Gasteiger partial charge in [-0.25, -0.2) is 9.67 Å². The molecule has 0 atom stereocenters. The van der Waals surface area contributed by atoms with Gasteiger partial charge in [0.2, 0.25) is 0 Å². The van der Waals surface area contributed by atoms with Crippen molar-refractivity contribution in [3.8, 4) is 5.82 Å². The van der Waals surface area contributed by atoms with Gasteiger partial charge in [0.05, 0.1) is 11.5 Å². The lowest BCUT2D eigenvalue weighted by molar-refractivity contribution is 0.782. The monoisotopic (exact) mass is 252 g/mol. The maximum atomic E-state index is 5.83. The molecule has 84 valence electrons. The number of nitrogens with zero attached hydrogens (tertiary/aromatic N) is 4. The van der Waals surface area contributed by atoms with E-state index in [0.29, 0.717) is 11.0 Å². The zero-order chi connectivity index (χ0) is 11.8. The highest BCUT2D eigenvalue weighted by atomic mass is 35.5. The van der Waals surface area contributed by atoms with E-state index in [0.717, 1.165) is 5.32 Å². The fraction of sp³-hybridized carbons (Fsp3) is 0.300. The fourth-order valence-electron chi connectivity index (χ4n) is 1.24. The van der Waals surface area contributed by atoms with Gasteiger partial charge in [0.25, 0.3) is 0 Å². The Bertz CT molecular complexity index is 504. The fourth-order valence-corrected chi connectivity index (χ4v) is 2.26. The normalized spacial score (nSPS) is 11.8. The second kappa shape index (κ2) is 3.99. The van der Waals surface area contributed by atoms with Gasteiger partial charge >= 0.3 is 0 Å². The predicted molar refractivity (Wildman–Crippen MR) is 67.1 cm³/mol. The van der Waals surface area contributed by atoms with Crippen LogP contribution in [0.2, 0.25) is 24.8 Å². The summed E-state index contributed by atoms with van der Waals surface area (Å²) in [6, 6.07) is 5.44. The summed E-state index contributed by atoms with van der Waals surface area (Å²) >= 11 is 5.83. The number of pyridine rings is 1. The molecule has 2 rings (SSSR count). The van der Waals surface area contributed by atoms with Crippen LogP contribution in [0.1, 0.15) is 0 Å². The summed E-state index contributed by atoms with van der Waals surface area (Å²) in [5, 5.41) is 9.78. The van der Waals surface area contributed by atoms with Crippen LogP contribution in [0.4, 0.5) is 0 Å². The summed E-state index contributed by atoms with van der Waals surface area (Å²) in [6.07, 6.45) is 1.94. The van der Waals surface area contributed by atoms with Gasteiger partial charge in [0.1, 0.15) is 13.2 Å². The molecule has 0 aromatic carbocycles. The Morgan fingerprint density at radius 1 is 1.25 bits per heavy atom. The van der Waals surface area contributed by atoms with Gasteiger partial charge in [-0.05, 0) is 12.1 Å². The molecule has 0 saturated carbocycles. The first-order chi connectivity index (χ1) is 7.47. The van der Waals surface area contributed by atoms with Crippen LogP contribution in [0.25, 0.3) is 5.82 Å². The quantitative estimate of drug-likeness (QED) is 0.605. The summed E-state index contributed by atoms with van der Waals surface area (Å²) in [4.78, 5) is 4.18. The zero-order valence-corrected chi connectivity index (χ0v) is 11.2. The van der Waals surface area contributed by atoms with Crippen LogP contribution in [0.3, 0.4) is 0 Å². The molecule has 0 amide bonds. The minimum Gasteiger partial charge on any atom is -0.217 e. The molecule has 0 aliphatic rings. The van der Waals surface area contributed by atoms with E-state index in [-0.39, 0.29) is 0 Å². The highest BCUT2D eigenvalue weighted by Gasteiger charge is 2.20. The van der Waals surface area contributed by atoms with Crippen molar-refractivity contribution in [3.63, 3.8) is 0 Å². The number of aromatic nitrogens is 4.